The Morgan fingerprint density at radius 3 is 2.85 bits per heavy atom. The van der Waals surface area contributed by atoms with E-state index in [2.05, 4.69) is 10.2 Å². The van der Waals surface area contributed by atoms with Crippen LogP contribution in [-0.2, 0) is 4.79 Å². The topological polar surface area (TPSA) is 119 Å². The molecule has 2 rings (SSSR count). The number of benzene rings is 1. The Kier molecular flexibility index (Phi) is 3.56. The van der Waals surface area contributed by atoms with Crippen molar-refractivity contribution in [2.45, 2.75) is 6.92 Å². The Balaban J connectivity index is 2.45. The SMILES string of the molecule is Cc1cccc(-c2nnc(/C=C/C(=O)O)o2)c1[N+](=O)[O-]. The first-order valence-corrected chi connectivity index (χ1v) is 5.48. The molecule has 0 amide bonds. The lowest BCUT2D eigenvalue weighted by Crippen LogP contribution is -1.95. The van der Waals surface area contributed by atoms with Crippen LogP contribution in [0.25, 0.3) is 17.5 Å². The minimum atomic E-state index is -1.16. The molecule has 0 spiro atoms. The maximum Gasteiger partial charge on any atom is 0.328 e. The van der Waals surface area contributed by atoms with E-state index in [4.69, 9.17) is 9.52 Å². The Morgan fingerprint density at radius 1 is 1.45 bits per heavy atom. The third-order valence-corrected chi connectivity index (χ3v) is 2.46. The highest BCUT2D eigenvalue weighted by Crippen LogP contribution is 2.31. The number of hydrogen-bond acceptors (Lipinski definition) is 6. The van der Waals surface area contributed by atoms with E-state index >= 15 is 0 Å². The highest BCUT2D eigenvalue weighted by atomic mass is 16.6. The first kappa shape index (κ1) is 13.4. The van der Waals surface area contributed by atoms with Crippen LogP contribution < -0.4 is 0 Å². The number of nitrogens with zero attached hydrogens (tertiary/aromatic N) is 3. The highest BCUT2D eigenvalue weighted by Gasteiger charge is 2.22. The second-order valence-electron chi connectivity index (χ2n) is 3.85. The van der Waals surface area contributed by atoms with Crippen LogP contribution in [-0.4, -0.2) is 26.2 Å². The van der Waals surface area contributed by atoms with Crippen molar-refractivity contribution in [1.82, 2.24) is 10.2 Å². The average molecular weight is 275 g/mol. The number of carbonyl (C=O) groups is 1. The largest absolute Gasteiger partial charge is 0.478 e. The molecule has 8 nitrogen and oxygen atoms in total. The zero-order valence-electron chi connectivity index (χ0n) is 10.3. The van der Waals surface area contributed by atoms with Gasteiger partial charge in [0, 0.05) is 17.7 Å². The van der Waals surface area contributed by atoms with E-state index in [1.165, 1.54) is 6.07 Å². The molecule has 0 aliphatic heterocycles. The van der Waals surface area contributed by atoms with Crippen LogP contribution in [0.1, 0.15) is 11.5 Å². The molecule has 0 aliphatic carbocycles. The summed E-state index contributed by atoms with van der Waals surface area (Å²) >= 11 is 0. The van der Waals surface area contributed by atoms with Crippen molar-refractivity contribution >= 4 is 17.7 Å². The smallest absolute Gasteiger partial charge is 0.328 e. The predicted octanol–water partition coefficient (Wildman–Crippen LogP) is 2.05. The van der Waals surface area contributed by atoms with E-state index in [1.54, 1.807) is 19.1 Å². The summed E-state index contributed by atoms with van der Waals surface area (Å²) in [5.74, 6) is -1.24. The van der Waals surface area contributed by atoms with E-state index in [0.29, 0.717) is 5.56 Å². The van der Waals surface area contributed by atoms with Crippen LogP contribution in [0.2, 0.25) is 0 Å². The molecule has 1 heterocycles. The van der Waals surface area contributed by atoms with Crippen LogP contribution in [0, 0.1) is 17.0 Å². The van der Waals surface area contributed by atoms with Gasteiger partial charge in [-0.3, -0.25) is 10.1 Å². The highest BCUT2D eigenvalue weighted by molar-refractivity contribution is 5.84. The molecule has 0 atom stereocenters. The molecule has 0 fully saturated rings. The lowest BCUT2D eigenvalue weighted by Gasteiger charge is -2.00. The van der Waals surface area contributed by atoms with E-state index in [9.17, 15) is 14.9 Å². The van der Waals surface area contributed by atoms with Crippen molar-refractivity contribution < 1.29 is 19.2 Å². The Labute approximate surface area is 112 Å². The third kappa shape index (κ3) is 2.69. The van der Waals surface area contributed by atoms with Gasteiger partial charge in [0.2, 0.25) is 5.89 Å². The third-order valence-electron chi connectivity index (χ3n) is 2.46. The Morgan fingerprint density at radius 2 is 2.20 bits per heavy atom. The van der Waals surface area contributed by atoms with Crippen molar-refractivity contribution in [3.8, 4) is 11.5 Å². The van der Waals surface area contributed by atoms with Gasteiger partial charge in [-0.2, -0.15) is 0 Å². The maximum absolute atomic E-state index is 11.1. The van der Waals surface area contributed by atoms with Gasteiger partial charge in [0.1, 0.15) is 5.56 Å². The van der Waals surface area contributed by atoms with Gasteiger partial charge in [0.05, 0.1) is 4.92 Å². The molecule has 1 N–H and O–H groups in total. The lowest BCUT2D eigenvalue weighted by molar-refractivity contribution is -0.384. The number of nitro groups is 1. The first-order valence-electron chi connectivity index (χ1n) is 5.48. The van der Waals surface area contributed by atoms with Crippen molar-refractivity contribution in [2.75, 3.05) is 0 Å². The monoisotopic (exact) mass is 275 g/mol. The van der Waals surface area contributed by atoms with Gasteiger partial charge in [0.25, 0.3) is 11.6 Å². The van der Waals surface area contributed by atoms with E-state index < -0.39 is 10.9 Å². The summed E-state index contributed by atoms with van der Waals surface area (Å²) in [7, 11) is 0. The molecular formula is C12H9N3O5. The number of carboxylic acid groups (broad SMARTS) is 1. The number of aliphatic carboxylic acids is 1. The molecular weight excluding hydrogens is 266 g/mol. The number of rotatable bonds is 4. The number of aryl methyl sites for hydroxylation is 1. The molecule has 0 saturated heterocycles. The number of aromatic nitrogens is 2. The normalized spacial score (nSPS) is 10.8. The number of hydrogen-bond donors (Lipinski definition) is 1. The van der Waals surface area contributed by atoms with Gasteiger partial charge in [-0.1, -0.05) is 12.1 Å². The fourth-order valence-corrected chi connectivity index (χ4v) is 1.63. The molecule has 102 valence electrons. The minimum Gasteiger partial charge on any atom is -0.478 e. The maximum atomic E-state index is 11.1. The molecule has 2 aromatic rings. The predicted molar refractivity (Wildman–Crippen MR) is 67.8 cm³/mol. The lowest BCUT2D eigenvalue weighted by atomic mass is 10.1. The van der Waals surface area contributed by atoms with Gasteiger partial charge in [-0.05, 0) is 13.0 Å². The second-order valence-corrected chi connectivity index (χ2v) is 3.85. The average Bonchev–Trinajstić information content (AvgIpc) is 2.84. The molecule has 0 aliphatic rings. The van der Waals surface area contributed by atoms with Crippen molar-refractivity contribution in [3.63, 3.8) is 0 Å². The van der Waals surface area contributed by atoms with Crippen LogP contribution in [0.5, 0.6) is 0 Å². The number of para-hydroxylation sites is 1. The first-order chi connectivity index (χ1) is 9.49. The van der Waals surface area contributed by atoms with Gasteiger partial charge in [-0.15, -0.1) is 10.2 Å². The fourth-order valence-electron chi connectivity index (χ4n) is 1.63. The Hall–Kier alpha value is -3.03. The summed E-state index contributed by atoms with van der Waals surface area (Å²) < 4.78 is 5.19. The zero-order valence-corrected chi connectivity index (χ0v) is 10.3. The summed E-state index contributed by atoms with van der Waals surface area (Å²) in [6.45, 7) is 1.60. The molecule has 8 heteroatoms. The van der Waals surface area contributed by atoms with Crippen molar-refractivity contribution in [1.29, 1.82) is 0 Å². The number of carboxylic acids is 1. The standard InChI is InChI=1S/C12H9N3O5/c1-7-3-2-4-8(11(7)15(18)19)12-14-13-9(20-12)5-6-10(16)17/h2-6H,1H3,(H,16,17)/b6-5+. The van der Waals surface area contributed by atoms with Gasteiger partial charge in [0.15, 0.2) is 0 Å². The summed E-state index contributed by atoms with van der Waals surface area (Å²) in [5.41, 5.74) is 0.538. The van der Waals surface area contributed by atoms with Crippen molar-refractivity contribution in [2.24, 2.45) is 0 Å². The molecule has 0 radical (unpaired) electrons. The van der Waals surface area contributed by atoms with Crippen LogP contribution in [0.15, 0.2) is 28.7 Å². The van der Waals surface area contributed by atoms with Crippen molar-refractivity contribution in [3.05, 3.63) is 45.8 Å². The summed E-state index contributed by atoms with van der Waals surface area (Å²) in [6.07, 6.45) is 1.95. The number of nitro benzene ring substituents is 1. The van der Waals surface area contributed by atoms with Gasteiger partial charge < -0.3 is 9.52 Å². The molecule has 0 saturated carbocycles. The van der Waals surface area contributed by atoms with Gasteiger partial charge in [-0.25, -0.2) is 4.79 Å². The summed E-state index contributed by atoms with van der Waals surface area (Å²) in [6, 6.07) is 4.72. The molecule has 1 aromatic heterocycles. The molecule has 0 bridgehead atoms. The van der Waals surface area contributed by atoms with Crippen LogP contribution >= 0.6 is 0 Å². The fraction of sp³-hybridized carbons (Fsp3) is 0.0833. The minimum absolute atomic E-state index is 0.0366. The summed E-state index contributed by atoms with van der Waals surface area (Å²) in [5, 5.41) is 26.8. The molecule has 20 heavy (non-hydrogen) atoms. The summed E-state index contributed by atoms with van der Waals surface area (Å²) in [4.78, 5) is 20.9. The zero-order chi connectivity index (χ0) is 14.7. The van der Waals surface area contributed by atoms with Gasteiger partial charge >= 0.3 is 5.97 Å². The molecule has 1 aromatic carbocycles. The van der Waals surface area contributed by atoms with E-state index in [0.717, 1.165) is 12.2 Å². The van der Waals surface area contributed by atoms with Crippen LogP contribution in [0.3, 0.4) is 0 Å². The quantitative estimate of drug-likeness (QED) is 0.515. The second kappa shape index (κ2) is 5.31. The van der Waals surface area contributed by atoms with E-state index in [-0.39, 0.29) is 23.0 Å². The van der Waals surface area contributed by atoms with E-state index in [1.807, 2.05) is 0 Å². The molecule has 0 unspecified atom stereocenters. The van der Waals surface area contributed by atoms with Crippen LogP contribution in [0.4, 0.5) is 5.69 Å². The Bertz CT molecular complexity index is 705.